The van der Waals surface area contributed by atoms with Crippen molar-refractivity contribution in [2.75, 3.05) is 25.2 Å². The van der Waals surface area contributed by atoms with Gasteiger partial charge in [-0.05, 0) is 37.7 Å². The van der Waals surface area contributed by atoms with Crippen LogP contribution in [0.25, 0.3) is 0 Å². The summed E-state index contributed by atoms with van der Waals surface area (Å²) >= 11 is 1.74. The van der Waals surface area contributed by atoms with Gasteiger partial charge in [-0.2, -0.15) is 11.8 Å². The number of hydrogen-bond donors (Lipinski definition) is 1. The smallest absolute Gasteiger partial charge is 0.239 e. The SMILES string of the molecule is CSCC[C@@H](N)C(=O)N1CCOC2CCCC21. The number of carbonyl (C=O) groups excluding carboxylic acids is 1. The molecule has 0 aromatic rings. The van der Waals surface area contributed by atoms with Crippen LogP contribution >= 0.6 is 11.8 Å². The predicted molar refractivity (Wildman–Crippen MR) is 70.1 cm³/mol. The van der Waals surface area contributed by atoms with Gasteiger partial charge in [0.2, 0.25) is 5.91 Å². The van der Waals surface area contributed by atoms with Crippen LogP contribution in [0.3, 0.4) is 0 Å². The maximum absolute atomic E-state index is 12.3. The first-order valence-electron chi connectivity index (χ1n) is 6.40. The molecule has 5 heteroatoms. The number of carbonyl (C=O) groups is 1. The maximum atomic E-state index is 12.3. The number of hydrogen-bond acceptors (Lipinski definition) is 4. The van der Waals surface area contributed by atoms with Crippen LogP contribution in [0.5, 0.6) is 0 Å². The monoisotopic (exact) mass is 258 g/mol. The van der Waals surface area contributed by atoms with Crippen LogP contribution in [0.2, 0.25) is 0 Å². The molecule has 2 aliphatic rings. The van der Waals surface area contributed by atoms with E-state index in [1.54, 1.807) is 11.8 Å². The molecule has 2 rings (SSSR count). The second-order valence-corrected chi connectivity index (χ2v) is 5.81. The van der Waals surface area contributed by atoms with E-state index in [0.717, 1.165) is 25.0 Å². The summed E-state index contributed by atoms with van der Waals surface area (Å²) in [4.78, 5) is 14.3. The fourth-order valence-corrected chi connectivity index (χ4v) is 3.27. The van der Waals surface area contributed by atoms with Crippen LogP contribution in [0.1, 0.15) is 25.7 Å². The van der Waals surface area contributed by atoms with Crippen LogP contribution in [-0.2, 0) is 9.53 Å². The number of rotatable bonds is 4. The van der Waals surface area contributed by atoms with Crippen LogP contribution in [0, 0.1) is 0 Å². The van der Waals surface area contributed by atoms with E-state index in [2.05, 4.69) is 0 Å². The summed E-state index contributed by atoms with van der Waals surface area (Å²) in [6, 6.07) is -0.0432. The second kappa shape index (κ2) is 6.07. The molecule has 17 heavy (non-hydrogen) atoms. The molecule has 1 aliphatic carbocycles. The van der Waals surface area contributed by atoms with E-state index in [4.69, 9.17) is 10.5 Å². The molecule has 2 fully saturated rings. The third-order valence-corrected chi connectivity index (χ3v) is 4.36. The molecule has 1 amide bonds. The summed E-state index contributed by atoms with van der Waals surface area (Å²) < 4.78 is 5.70. The summed E-state index contributed by atoms with van der Waals surface area (Å²) in [6.07, 6.45) is 6.41. The lowest BCUT2D eigenvalue weighted by atomic mass is 10.1. The highest BCUT2D eigenvalue weighted by atomic mass is 32.2. The fraction of sp³-hybridized carbons (Fsp3) is 0.917. The van der Waals surface area contributed by atoms with Gasteiger partial charge < -0.3 is 15.4 Å². The summed E-state index contributed by atoms with van der Waals surface area (Å²) in [5.41, 5.74) is 5.97. The highest BCUT2D eigenvalue weighted by molar-refractivity contribution is 7.98. The zero-order valence-electron chi connectivity index (χ0n) is 10.4. The van der Waals surface area contributed by atoms with Crippen LogP contribution in [0.4, 0.5) is 0 Å². The number of ether oxygens (including phenoxy) is 1. The zero-order valence-corrected chi connectivity index (χ0v) is 11.2. The Morgan fingerprint density at radius 2 is 2.41 bits per heavy atom. The highest BCUT2D eigenvalue weighted by Gasteiger charge is 2.39. The third-order valence-electron chi connectivity index (χ3n) is 3.72. The minimum atomic E-state index is -0.332. The van der Waals surface area contributed by atoms with Gasteiger partial charge in [0, 0.05) is 6.54 Å². The lowest BCUT2D eigenvalue weighted by Crippen LogP contribution is -2.55. The van der Waals surface area contributed by atoms with E-state index >= 15 is 0 Å². The number of nitrogens with two attached hydrogens (primary N) is 1. The van der Waals surface area contributed by atoms with Gasteiger partial charge in [-0.15, -0.1) is 0 Å². The van der Waals surface area contributed by atoms with Gasteiger partial charge in [0.05, 0.1) is 24.8 Å². The van der Waals surface area contributed by atoms with Crippen molar-refractivity contribution in [3.8, 4) is 0 Å². The van der Waals surface area contributed by atoms with E-state index in [9.17, 15) is 4.79 Å². The third kappa shape index (κ3) is 2.95. The molecular weight excluding hydrogens is 236 g/mol. The molecule has 0 aromatic carbocycles. The number of amides is 1. The quantitative estimate of drug-likeness (QED) is 0.812. The summed E-state index contributed by atoms with van der Waals surface area (Å²) in [5, 5.41) is 0. The summed E-state index contributed by atoms with van der Waals surface area (Å²) in [5.74, 6) is 1.07. The number of thioether (sulfide) groups is 1. The van der Waals surface area contributed by atoms with Crippen molar-refractivity contribution in [2.24, 2.45) is 5.73 Å². The number of nitrogens with zero attached hydrogens (tertiary/aromatic N) is 1. The van der Waals surface area contributed by atoms with Crippen molar-refractivity contribution in [3.63, 3.8) is 0 Å². The Morgan fingerprint density at radius 3 is 3.18 bits per heavy atom. The molecule has 0 spiro atoms. The van der Waals surface area contributed by atoms with Gasteiger partial charge in [0.1, 0.15) is 0 Å². The van der Waals surface area contributed by atoms with Gasteiger partial charge in [0.25, 0.3) is 0 Å². The highest BCUT2D eigenvalue weighted by Crippen LogP contribution is 2.30. The molecule has 1 heterocycles. The van der Waals surface area contributed by atoms with Gasteiger partial charge in [-0.25, -0.2) is 0 Å². The number of fused-ring (bicyclic) bond motifs is 1. The van der Waals surface area contributed by atoms with E-state index in [-0.39, 0.29) is 24.1 Å². The van der Waals surface area contributed by atoms with Crippen molar-refractivity contribution in [3.05, 3.63) is 0 Å². The molecule has 3 atom stereocenters. The Morgan fingerprint density at radius 1 is 1.59 bits per heavy atom. The largest absolute Gasteiger partial charge is 0.374 e. The average molecular weight is 258 g/mol. The molecule has 0 aromatic heterocycles. The van der Waals surface area contributed by atoms with Crippen LogP contribution in [0.15, 0.2) is 0 Å². The minimum absolute atomic E-state index is 0.124. The molecular formula is C12H22N2O2S. The standard InChI is InChI=1S/C12H22N2O2S/c1-17-8-5-9(13)12(15)14-6-7-16-11-4-2-3-10(11)14/h9-11H,2-8,13H2,1H3/t9-,10?,11?/m1/s1. The van der Waals surface area contributed by atoms with Crippen molar-refractivity contribution < 1.29 is 9.53 Å². The van der Waals surface area contributed by atoms with E-state index in [0.29, 0.717) is 13.2 Å². The average Bonchev–Trinajstić information content (AvgIpc) is 2.82. The van der Waals surface area contributed by atoms with Crippen LogP contribution in [-0.4, -0.2) is 54.2 Å². The Balaban J connectivity index is 1.93. The van der Waals surface area contributed by atoms with E-state index < -0.39 is 0 Å². The molecule has 0 bridgehead atoms. The summed E-state index contributed by atoms with van der Waals surface area (Å²) in [6.45, 7) is 1.38. The van der Waals surface area contributed by atoms with Crippen LogP contribution < -0.4 is 5.73 Å². The molecule has 2 unspecified atom stereocenters. The lowest BCUT2D eigenvalue weighted by Gasteiger charge is -2.38. The van der Waals surface area contributed by atoms with Crippen molar-refractivity contribution in [1.29, 1.82) is 0 Å². The van der Waals surface area contributed by atoms with Crippen molar-refractivity contribution >= 4 is 17.7 Å². The first-order valence-corrected chi connectivity index (χ1v) is 7.80. The van der Waals surface area contributed by atoms with Crippen molar-refractivity contribution in [2.45, 2.75) is 43.9 Å². The lowest BCUT2D eigenvalue weighted by molar-refractivity contribution is -0.145. The Labute approximate surface area is 107 Å². The fourth-order valence-electron chi connectivity index (χ4n) is 2.78. The first kappa shape index (κ1) is 13.2. The molecule has 1 saturated heterocycles. The second-order valence-electron chi connectivity index (χ2n) is 4.83. The molecule has 1 saturated carbocycles. The van der Waals surface area contributed by atoms with E-state index in [1.165, 1.54) is 6.42 Å². The molecule has 2 N–H and O–H groups in total. The van der Waals surface area contributed by atoms with Gasteiger partial charge in [-0.1, -0.05) is 0 Å². The van der Waals surface area contributed by atoms with E-state index in [1.807, 2.05) is 11.2 Å². The normalized spacial score (nSPS) is 30.1. The van der Waals surface area contributed by atoms with Gasteiger partial charge in [0.15, 0.2) is 0 Å². The molecule has 0 radical (unpaired) electrons. The van der Waals surface area contributed by atoms with Crippen molar-refractivity contribution in [1.82, 2.24) is 4.90 Å². The van der Waals surface area contributed by atoms with Gasteiger partial charge >= 0.3 is 0 Å². The first-order chi connectivity index (χ1) is 8.24. The summed E-state index contributed by atoms with van der Waals surface area (Å²) in [7, 11) is 0. The number of morpholine rings is 1. The zero-order chi connectivity index (χ0) is 12.3. The predicted octanol–water partition coefficient (Wildman–Crippen LogP) is 0.847. The van der Waals surface area contributed by atoms with Gasteiger partial charge in [-0.3, -0.25) is 4.79 Å². The topological polar surface area (TPSA) is 55.6 Å². The molecule has 98 valence electrons. The Kier molecular flexibility index (Phi) is 4.70. The maximum Gasteiger partial charge on any atom is 0.239 e. The Hall–Kier alpha value is -0.260. The molecule has 1 aliphatic heterocycles. The minimum Gasteiger partial charge on any atom is -0.374 e. The molecule has 4 nitrogen and oxygen atoms in total. The Bertz CT molecular complexity index is 275.